The van der Waals surface area contributed by atoms with Gasteiger partial charge in [0.2, 0.25) is 0 Å². The molecule has 0 saturated carbocycles. The zero-order valence-electron chi connectivity index (χ0n) is 11.9. The molecule has 2 rings (SSSR count). The van der Waals surface area contributed by atoms with Gasteiger partial charge < -0.3 is 9.47 Å². The van der Waals surface area contributed by atoms with Crippen molar-refractivity contribution < 1.29 is 9.47 Å². The largest absolute Gasteiger partial charge is 0.355 e. The molecule has 1 aliphatic rings. The van der Waals surface area contributed by atoms with E-state index in [4.69, 9.17) is 21.1 Å². The predicted octanol–water partition coefficient (Wildman–Crippen LogP) is 2.91. The topological polar surface area (TPSA) is 34.6 Å². The summed E-state index contributed by atoms with van der Waals surface area (Å²) in [5.74, 6) is 0. The number of aromatic nitrogens is 1. The van der Waals surface area contributed by atoms with Gasteiger partial charge in [-0.3, -0.25) is 4.90 Å². The van der Waals surface area contributed by atoms with Crippen molar-refractivity contribution in [3.05, 3.63) is 23.4 Å². The van der Waals surface area contributed by atoms with E-state index in [1.807, 2.05) is 30.0 Å². The molecule has 1 fully saturated rings. The standard InChI is InChI=1S/C14H21ClN2O2S/c1-18-14(19-2)10-17-8-6-11(7-9-17)20-13-5-3-4-12(15)16-13/h3-5,11,14H,6-10H2,1-2H3. The quantitative estimate of drug-likeness (QED) is 0.595. The molecular weight excluding hydrogens is 296 g/mol. The fourth-order valence-corrected chi connectivity index (χ4v) is 3.60. The molecule has 0 aromatic carbocycles. The Balaban J connectivity index is 1.77. The Morgan fingerprint density at radius 2 is 2.05 bits per heavy atom. The highest BCUT2D eigenvalue weighted by molar-refractivity contribution is 7.99. The molecule has 1 aromatic rings. The number of thioether (sulfide) groups is 1. The number of halogens is 1. The number of methoxy groups -OCH3 is 2. The normalized spacial score (nSPS) is 17.8. The molecule has 20 heavy (non-hydrogen) atoms. The number of rotatable bonds is 6. The maximum Gasteiger partial charge on any atom is 0.169 e. The number of pyridine rings is 1. The second-order valence-corrected chi connectivity index (χ2v) is 6.53. The van der Waals surface area contributed by atoms with Gasteiger partial charge in [0.1, 0.15) is 5.15 Å². The summed E-state index contributed by atoms with van der Waals surface area (Å²) in [4.78, 5) is 6.73. The highest BCUT2D eigenvalue weighted by Gasteiger charge is 2.22. The summed E-state index contributed by atoms with van der Waals surface area (Å²) in [7, 11) is 3.36. The molecule has 0 aliphatic carbocycles. The van der Waals surface area contributed by atoms with Crippen LogP contribution in [0.1, 0.15) is 12.8 Å². The van der Waals surface area contributed by atoms with Crippen molar-refractivity contribution in [2.45, 2.75) is 29.4 Å². The van der Waals surface area contributed by atoms with E-state index >= 15 is 0 Å². The van der Waals surface area contributed by atoms with Crippen LogP contribution < -0.4 is 0 Å². The van der Waals surface area contributed by atoms with Crippen molar-refractivity contribution in [1.82, 2.24) is 9.88 Å². The second kappa shape index (κ2) is 8.20. The van der Waals surface area contributed by atoms with Crippen LogP contribution in [-0.4, -0.2) is 55.3 Å². The Morgan fingerprint density at radius 1 is 1.35 bits per heavy atom. The molecule has 1 saturated heterocycles. The minimum Gasteiger partial charge on any atom is -0.355 e. The summed E-state index contributed by atoms with van der Waals surface area (Å²) in [5, 5.41) is 2.19. The predicted molar refractivity (Wildman–Crippen MR) is 82.4 cm³/mol. The van der Waals surface area contributed by atoms with Crippen molar-refractivity contribution >= 4 is 23.4 Å². The summed E-state index contributed by atoms with van der Waals surface area (Å²) >= 11 is 7.74. The summed E-state index contributed by atoms with van der Waals surface area (Å²) < 4.78 is 10.5. The molecule has 0 radical (unpaired) electrons. The Hall–Kier alpha value is -0.330. The van der Waals surface area contributed by atoms with Gasteiger partial charge in [-0.25, -0.2) is 4.98 Å². The van der Waals surface area contributed by atoms with Gasteiger partial charge in [0, 0.05) is 26.0 Å². The van der Waals surface area contributed by atoms with Gasteiger partial charge in [0.05, 0.1) is 5.03 Å². The van der Waals surface area contributed by atoms with Crippen molar-refractivity contribution in [3.8, 4) is 0 Å². The number of hydrogen-bond donors (Lipinski definition) is 0. The van der Waals surface area contributed by atoms with Gasteiger partial charge >= 0.3 is 0 Å². The first kappa shape index (κ1) is 16.0. The number of ether oxygens (including phenoxy) is 2. The van der Waals surface area contributed by atoms with E-state index in [1.54, 1.807) is 14.2 Å². The first-order chi connectivity index (χ1) is 9.71. The van der Waals surface area contributed by atoms with Crippen LogP contribution in [-0.2, 0) is 9.47 Å². The van der Waals surface area contributed by atoms with Crippen molar-refractivity contribution in [1.29, 1.82) is 0 Å². The Morgan fingerprint density at radius 3 is 2.65 bits per heavy atom. The number of nitrogens with zero attached hydrogens (tertiary/aromatic N) is 2. The van der Waals surface area contributed by atoms with Crippen LogP contribution >= 0.6 is 23.4 Å². The third kappa shape index (κ3) is 4.90. The lowest BCUT2D eigenvalue weighted by Crippen LogP contribution is -2.40. The molecule has 1 aliphatic heterocycles. The smallest absolute Gasteiger partial charge is 0.169 e. The first-order valence-electron chi connectivity index (χ1n) is 6.78. The molecule has 112 valence electrons. The van der Waals surface area contributed by atoms with E-state index in [-0.39, 0.29) is 6.29 Å². The van der Waals surface area contributed by atoms with E-state index in [2.05, 4.69) is 9.88 Å². The highest BCUT2D eigenvalue weighted by Crippen LogP contribution is 2.29. The first-order valence-corrected chi connectivity index (χ1v) is 8.04. The van der Waals surface area contributed by atoms with Gasteiger partial charge in [0.15, 0.2) is 6.29 Å². The minimum atomic E-state index is -0.131. The molecule has 0 bridgehead atoms. The van der Waals surface area contributed by atoms with E-state index in [1.165, 1.54) is 0 Å². The number of piperidine rings is 1. The fraction of sp³-hybridized carbons (Fsp3) is 0.643. The van der Waals surface area contributed by atoms with Gasteiger partial charge in [-0.15, -0.1) is 11.8 Å². The molecule has 1 aromatic heterocycles. The van der Waals surface area contributed by atoms with Gasteiger partial charge in [-0.05, 0) is 38.1 Å². The van der Waals surface area contributed by atoms with E-state index in [9.17, 15) is 0 Å². The van der Waals surface area contributed by atoms with E-state index in [0.717, 1.165) is 37.5 Å². The maximum absolute atomic E-state index is 5.91. The van der Waals surface area contributed by atoms with Crippen LogP contribution in [0.2, 0.25) is 5.15 Å². The minimum absolute atomic E-state index is 0.131. The zero-order chi connectivity index (χ0) is 14.4. The lowest BCUT2D eigenvalue weighted by molar-refractivity contribution is -0.117. The fourth-order valence-electron chi connectivity index (χ4n) is 2.29. The Kier molecular flexibility index (Phi) is 6.58. The van der Waals surface area contributed by atoms with Crippen molar-refractivity contribution in [2.24, 2.45) is 0 Å². The monoisotopic (exact) mass is 316 g/mol. The van der Waals surface area contributed by atoms with Crippen LogP contribution in [0.15, 0.2) is 23.2 Å². The average molecular weight is 317 g/mol. The van der Waals surface area contributed by atoms with E-state index < -0.39 is 0 Å². The SMILES string of the molecule is COC(CN1CCC(Sc2cccc(Cl)n2)CC1)OC. The van der Waals surface area contributed by atoms with Crippen LogP contribution in [0.5, 0.6) is 0 Å². The summed E-state index contributed by atoms with van der Waals surface area (Å²) in [6, 6.07) is 5.78. The zero-order valence-corrected chi connectivity index (χ0v) is 13.5. The Bertz CT molecular complexity index is 410. The van der Waals surface area contributed by atoms with Crippen molar-refractivity contribution in [3.63, 3.8) is 0 Å². The molecule has 4 nitrogen and oxygen atoms in total. The molecule has 0 atom stereocenters. The Labute approximate surface area is 129 Å². The van der Waals surface area contributed by atoms with Crippen molar-refractivity contribution in [2.75, 3.05) is 33.9 Å². The number of hydrogen-bond acceptors (Lipinski definition) is 5. The van der Waals surface area contributed by atoms with Crippen LogP contribution in [0.4, 0.5) is 0 Å². The molecule has 0 unspecified atom stereocenters. The lowest BCUT2D eigenvalue weighted by atomic mass is 10.1. The molecule has 0 spiro atoms. The third-order valence-electron chi connectivity index (χ3n) is 3.44. The molecule has 0 amide bonds. The summed E-state index contributed by atoms with van der Waals surface area (Å²) in [5.41, 5.74) is 0. The molecule has 2 heterocycles. The number of likely N-dealkylation sites (tertiary alicyclic amines) is 1. The van der Waals surface area contributed by atoms with Gasteiger partial charge in [-0.2, -0.15) is 0 Å². The highest BCUT2D eigenvalue weighted by atomic mass is 35.5. The van der Waals surface area contributed by atoms with Gasteiger partial charge in [0.25, 0.3) is 0 Å². The molecular formula is C14H21ClN2O2S. The van der Waals surface area contributed by atoms with Crippen LogP contribution in [0.3, 0.4) is 0 Å². The van der Waals surface area contributed by atoms with Crippen LogP contribution in [0.25, 0.3) is 0 Å². The summed E-state index contributed by atoms with van der Waals surface area (Å²) in [6.07, 6.45) is 2.17. The molecule has 6 heteroatoms. The van der Waals surface area contributed by atoms with E-state index in [0.29, 0.717) is 10.4 Å². The van der Waals surface area contributed by atoms with Gasteiger partial charge in [-0.1, -0.05) is 17.7 Å². The maximum atomic E-state index is 5.91. The molecule has 0 N–H and O–H groups in total. The van der Waals surface area contributed by atoms with Crippen LogP contribution in [0, 0.1) is 0 Å². The average Bonchev–Trinajstić information content (AvgIpc) is 2.46. The lowest BCUT2D eigenvalue weighted by Gasteiger charge is -2.33. The third-order valence-corrected chi connectivity index (χ3v) is 4.93. The summed E-state index contributed by atoms with van der Waals surface area (Å²) in [6.45, 7) is 2.97. The second-order valence-electron chi connectivity index (χ2n) is 4.82.